The monoisotopic (exact) mass is 639 g/mol. The van der Waals surface area contributed by atoms with Crippen molar-refractivity contribution < 1.29 is 4.42 Å². The fraction of sp³-hybridized carbons (Fsp3) is 0. The first-order valence-electron chi connectivity index (χ1n) is 17.0. The highest BCUT2D eigenvalue weighted by Gasteiger charge is 2.16. The van der Waals surface area contributed by atoms with Crippen LogP contribution in [-0.4, -0.2) is 0 Å². The van der Waals surface area contributed by atoms with Crippen LogP contribution in [0.2, 0.25) is 0 Å². The molecule has 0 saturated carbocycles. The van der Waals surface area contributed by atoms with E-state index in [9.17, 15) is 0 Å². The van der Waals surface area contributed by atoms with E-state index in [1.807, 2.05) is 18.2 Å². The van der Waals surface area contributed by atoms with Crippen molar-refractivity contribution in [3.63, 3.8) is 0 Å². The van der Waals surface area contributed by atoms with E-state index in [4.69, 9.17) is 4.42 Å². The van der Waals surface area contributed by atoms with Crippen molar-refractivity contribution >= 4 is 38.8 Å². The minimum atomic E-state index is 0.873. The SMILES string of the molecule is c1ccc(-c2cccc(-c3ccc(N(c4ccc(-c5ccccc5-c5cc6ccccc6o5)cc4)c4ccc5ccccc5c4)cc3)c2)cc1. The Bertz CT molecular complexity index is 2550. The number of rotatable bonds is 7. The summed E-state index contributed by atoms with van der Waals surface area (Å²) in [6, 6.07) is 71.1. The summed E-state index contributed by atoms with van der Waals surface area (Å²) in [7, 11) is 0. The summed E-state index contributed by atoms with van der Waals surface area (Å²) in [4.78, 5) is 2.34. The molecule has 8 aromatic carbocycles. The summed E-state index contributed by atoms with van der Waals surface area (Å²) in [6.07, 6.45) is 0. The molecule has 0 bridgehead atoms. The molecule has 9 rings (SSSR count). The number of benzene rings is 8. The lowest BCUT2D eigenvalue weighted by Crippen LogP contribution is -2.09. The Kier molecular flexibility index (Phi) is 7.53. The number of hydrogen-bond acceptors (Lipinski definition) is 2. The minimum absolute atomic E-state index is 0.873. The third-order valence-electron chi connectivity index (χ3n) is 9.47. The van der Waals surface area contributed by atoms with Gasteiger partial charge in [-0.1, -0.05) is 146 Å². The van der Waals surface area contributed by atoms with Crippen molar-refractivity contribution in [3.8, 4) is 44.7 Å². The molecule has 0 atom stereocenters. The predicted molar refractivity (Wildman–Crippen MR) is 210 cm³/mol. The standard InChI is InChI=1S/C48H33NO/c1-2-11-34(12-3-1)38-16-10-17-39(31-38)36-21-26-42(27-22-36)49(44-30-23-35-13-4-5-14-40(35)32-44)43-28-24-37(25-29-43)45-18-7-8-19-46(45)48-33-41-15-6-9-20-47(41)50-48/h1-33H. The Morgan fingerprint density at radius 3 is 1.56 bits per heavy atom. The predicted octanol–water partition coefficient (Wildman–Crippen LogP) is 13.7. The second kappa shape index (κ2) is 12.8. The summed E-state index contributed by atoms with van der Waals surface area (Å²) < 4.78 is 6.29. The van der Waals surface area contributed by atoms with E-state index in [2.05, 4.69) is 187 Å². The largest absolute Gasteiger partial charge is 0.456 e. The zero-order chi connectivity index (χ0) is 33.3. The Labute approximate surface area is 292 Å². The summed E-state index contributed by atoms with van der Waals surface area (Å²) in [5.41, 5.74) is 12.4. The molecule has 0 N–H and O–H groups in total. The van der Waals surface area contributed by atoms with Crippen molar-refractivity contribution in [1.29, 1.82) is 0 Å². The van der Waals surface area contributed by atoms with Crippen LogP contribution in [0.4, 0.5) is 17.1 Å². The van der Waals surface area contributed by atoms with E-state index < -0.39 is 0 Å². The molecule has 0 aliphatic rings. The van der Waals surface area contributed by atoms with Crippen LogP contribution in [0.3, 0.4) is 0 Å². The molecule has 0 radical (unpaired) electrons. The molecule has 2 nitrogen and oxygen atoms in total. The van der Waals surface area contributed by atoms with Gasteiger partial charge >= 0.3 is 0 Å². The van der Waals surface area contributed by atoms with Gasteiger partial charge in [-0.3, -0.25) is 0 Å². The maximum atomic E-state index is 6.29. The molecule has 0 unspecified atom stereocenters. The lowest BCUT2D eigenvalue weighted by atomic mass is 9.97. The quantitative estimate of drug-likeness (QED) is 0.173. The van der Waals surface area contributed by atoms with E-state index in [0.29, 0.717) is 0 Å². The third-order valence-corrected chi connectivity index (χ3v) is 9.47. The molecule has 236 valence electrons. The van der Waals surface area contributed by atoms with Crippen LogP contribution >= 0.6 is 0 Å². The van der Waals surface area contributed by atoms with Gasteiger partial charge in [-0.15, -0.1) is 0 Å². The molecule has 9 aromatic rings. The Hall–Kier alpha value is -6.64. The zero-order valence-electron chi connectivity index (χ0n) is 27.4. The summed E-state index contributed by atoms with van der Waals surface area (Å²) in [6.45, 7) is 0. The number of nitrogens with zero attached hydrogens (tertiary/aromatic N) is 1. The smallest absolute Gasteiger partial charge is 0.136 e. The van der Waals surface area contributed by atoms with Crippen LogP contribution in [-0.2, 0) is 0 Å². The van der Waals surface area contributed by atoms with Crippen molar-refractivity contribution in [2.24, 2.45) is 0 Å². The maximum absolute atomic E-state index is 6.29. The van der Waals surface area contributed by atoms with Gasteiger partial charge in [-0.2, -0.15) is 0 Å². The second-order valence-corrected chi connectivity index (χ2v) is 12.6. The fourth-order valence-electron chi connectivity index (χ4n) is 6.93. The average molecular weight is 640 g/mol. The average Bonchev–Trinajstić information content (AvgIpc) is 3.63. The minimum Gasteiger partial charge on any atom is -0.456 e. The third kappa shape index (κ3) is 5.63. The van der Waals surface area contributed by atoms with Gasteiger partial charge in [0.15, 0.2) is 0 Å². The van der Waals surface area contributed by atoms with Crippen LogP contribution in [0.25, 0.3) is 66.4 Å². The molecule has 50 heavy (non-hydrogen) atoms. The second-order valence-electron chi connectivity index (χ2n) is 12.6. The molecule has 0 spiro atoms. The number of fused-ring (bicyclic) bond motifs is 2. The van der Waals surface area contributed by atoms with Crippen molar-refractivity contribution in [1.82, 2.24) is 0 Å². The van der Waals surface area contributed by atoms with Gasteiger partial charge in [0.25, 0.3) is 0 Å². The number of hydrogen-bond donors (Lipinski definition) is 0. The van der Waals surface area contributed by atoms with Gasteiger partial charge in [0.05, 0.1) is 0 Å². The Balaban J connectivity index is 1.09. The molecule has 0 saturated heterocycles. The maximum Gasteiger partial charge on any atom is 0.136 e. The first-order chi connectivity index (χ1) is 24.8. The lowest BCUT2D eigenvalue weighted by Gasteiger charge is -2.26. The van der Waals surface area contributed by atoms with E-state index in [0.717, 1.165) is 50.5 Å². The van der Waals surface area contributed by atoms with Gasteiger partial charge in [-0.05, 0) is 98.8 Å². The number of furan rings is 1. The van der Waals surface area contributed by atoms with Crippen molar-refractivity contribution in [2.45, 2.75) is 0 Å². The van der Waals surface area contributed by atoms with Crippen LogP contribution in [0.1, 0.15) is 0 Å². The topological polar surface area (TPSA) is 16.4 Å². The van der Waals surface area contributed by atoms with Crippen LogP contribution in [0, 0.1) is 0 Å². The van der Waals surface area contributed by atoms with Gasteiger partial charge in [0.2, 0.25) is 0 Å². The van der Waals surface area contributed by atoms with E-state index in [-0.39, 0.29) is 0 Å². The number of para-hydroxylation sites is 1. The van der Waals surface area contributed by atoms with E-state index in [1.54, 1.807) is 0 Å². The molecule has 0 amide bonds. The van der Waals surface area contributed by atoms with Crippen LogP contribution in [0.15, 0.2) is 205 Å². The summed E-state index contributed by atoms with van der Waals surface area (Å²) in [5, 5.41) is 3.54. The normalized spacial score (nSPS) is 11.2. The van der Waals surface area contributed by atoms with Crippen molar-refractivity contribution in [2.75, 3.05) is 4.90 Å². The van der Waals surface area contributed by atoms with Gasteiger partial charge in [0, 0.05) is 28.0 Å². The van der Waals surface area contributed by atoms with Gasteiger partial charge in [-0.25, -0.2) is 0 Å². The highest BCUT2D eigenvalue weighted by atomic mass is 16.3. The molecule has 2 heteroatoms. The van der Waals surface area contributed by atoms with E-state index >= 15 is 0 Å². The molecule has 1 heterocycles. The Morgan fingerprint density at radius 2 is 0.840 bits per heavy atom. The zero-order valence-corrected chi connectivity index (χ0v) is 27.4. The summed E-state index contributed by atoms with van der Waals surface area (Å²) >= 11 is 0. The number of anilines is 3. The highest BCUT2D eigenvalue weighted by molar-refractivity contribution is 5.91. The molecule has 0 aliphatic carbocycles. The van der Waals surface area contributed by atoms with Crippen LogP contribution in [0.5, 0.6) is 0 Å². The first-order valence-corrected chi connectivity index (χ1v) is 17.0. The summed E-state index contributed by atoms with van der Waals surface area (Å²) in [5.74, 6) is 0.873. The van der Waals surface area contributed by atoms with E-state index in [1.165, 1.54) is 33.0 Å². The van der Waals surface area contributed by atoms with Gasteiger partial charge in [0.1, 0.15) is 11.3 Å². The van der Waals surface area contributed by atoms with Crippen molar-refractivity contribution in [3.05, 3.63) is 200 Å². The molecule has 0 aliphatic heterocycles. The Morgan fingerprint density at radius 1 is 0.300 bits per heavy atom. The molecule has 1 aromatic heterocycles. The molecular formula is C48H33NO. The lowest BCUT2D eigenvalue weighted by molar-refractivity contribution is 0.632. The first kappa shape index (κ1) is 29.5. The fourth-order valence-corrected chi connectivity index (χ4v) is 6.93. The molecule has 0 fully saturated rings. The van der Waals surface area contributed by atoms with Crippen LogP contribution < -0.4 is 4.90 Å². The molecular weight excluding hydrogens is 607 g/mol. The highest BCUT2D eigenvalue weighted by Crippen LogP contribution is 2.40. The van der Waals surface area contributed by atoms with Gasteiger partial charge < -0.3 is 9.32 Å².